The summed E-state index contributed by atoms with van der Waals surface area (Å²) in [6.45, 7) is 6.10. The number of benzene rings is 2. The van der Waals surface area contributed by atoms with Crippen molar-refractivity contribution in [3.05, 3.63) is 107 Å². The van der Waals surface area contributed by atoms with Gasteiger partial charge in [-0.3, -0.25) is 9.78 Å². The molecule has 1 unspecified atom stereocenters. The SMILES string of the molecule is CC(C)(C)OC(=O)NCc1cccc(-n2nc(C(F)(F)F)cc2C(=O)Nc2cccc(C(NCC3CC3)c3ccncc3)c2)c1. The Balaban J connectivity index is 1.39. The summed E-state index contributed by atoms with van der Waals surface area (Å²) in [7, 11) is 0. The number of hydrogen-bond acceptors (Lipinski definition) is 6. The third-order valence-electron chi connectivity index (χ3n) is 7.05. The molecule has 236 valence electrons. The topological polar surface area (TPSA) is 110 Å². The van der Waals surface area contributed by atoms with Crippen LogP contribution < -0.4 is 16.0 Å². The molecule has 1 fully saturated rings. The number of hydrogen-bond donors (Lipinski definition) is 3. The van der Waals surface area contributed by atoms with Crippen LogP contribution in [-0.2, 0) is 17.5 Å². The van der Waals surface area contributed by atoms with E-state index < -0.39 is 29.5 Å². The molecule has 12 heteroatoms. The molecule has 1 saturated carbocycles. The molecule has 0 aliphatic heterocycles. The second-order valence-corrected chi connectivity index (χ2v) is 12.0. The molecule has 2 heterocycles. The second-order valence-electron chi connectivity index (χ2n) is 12.0. The average molecular weight is 621 g/mol. The van der Waals surface area contributed by atoms with Gasteiger partial charge in [-0.15, -0.1) is 0 Å². The zero-order chi connectivity index (χ0) is 32.2. The van der Waals surface area contributed by atoms with Gasteiger partial charge in [-0.05, 0) is 99.2 Å². The smallest absolute Gasteiger partial charge is 0.435 e. The van der Waals surface area contributed by atoms with E-state index in [1.807, 2.05) is 18.2 Å². The zero-order valence-corrected chi connectivity index (χ0v) is 25.2. The molecule has 4 aromatic rings. The van der Waals surface area contributed by atoms with E-state index in [2.05, 4.69) is 26.0 Å². The normalized spacial score (nSPS) is 14.1. The third-order valence-corrected chi connectivity index (χ3v) is 7.05. The van der Waals surface area contributed by atoms with Gasteiger partial charge in [0.05, 0.1) is 11.7 Å². The fourth-order valence-electron chi connectivity index (χ4n) is 4.75. The van der Waals surface area contributed by atoms with E-state index in [1.165, 1.54) is 18.9 Å². The fraction of sp³-hybridized carbons (Fsp3) is 0.333. The summed E-state index contributed by atoms with van der Waals surface area (Å²) < 4.78 is 47.5. The molecule has 3 N–H and O–H groups in total. The van der Waals surface area contributed by atoms with Crippen LogP contribution in [0.1, 0.15) is 72.5 Å². The molecular formula is C33H35F3N6O3. The number of halogens is 3. The van der Waals surface area contributed by atoms with E-state index >= 15 is 0 Å². The Bertz CT molecular complexity index is 1650. The Labute approximate surface area is 259 Å². The van der Waals surface area contributed by atoms with E-state index in [0.717, 1.165) is 28.4 Å². The Morgan fingerprint density at radius 1 is 0.978 bits per heavy atom. The van der Waals surface area contributed by atoms with Crippen molar-refractivity contribution in [2.45, 2.75) is 58.0 Å². The quantitative estimate of drug-likeness (QED) is 0.183. The standard InChI is InChI=1S/C33H35F3N6O3/c1-32(2,3)45-31(44)39-20-22-6-4-9-26(16-22)42-27(18-28(41-42)33(34,35)36)30(43)40-25-8-5-7-24(17-25)29(38-19-21-10-11-21)23-12-14-37-15-13-23/h4-9,12-18,21,29,38H,10-11,19-20H2,1-3H3,(H,39,44)(H,40,43). The van der Waals surface area contributed by atoms with Crippen LogP contribution in [0.2, 0.25) is 0 Å². The highest BCUT2D eigenvalue weighted by atomic mass is 19.4. The molecule has 1 atom stereocenters. The van der Waals surface area contributed by atoms with Crippen LogP contribution in [-0.4, -0.2) is 38.9 Å². The summed E-state index contributed by atoms with van der Waals surface area (Å²) in [6, 6.07) is 18.0. The predicted molar refractivity (Wildman–Crippen MR) is 163 cm³/mol. The first kappa shape index (κ1) is 31.7. The third kappa shape index (κ3) is 8.69. The minimum atomic E-state index is -4.78. The summed E-state index contributed by atoms with van der Waals surface area (Å²) in [5.41, 5.74) is 0.892. The van der Waals surface area contributed by atoms with Gasteiger partial charge in [0.2, 0.25) is 0 Å². The molecule has 0 spiro atoms. The minimum absolute atomic E-state index is 0.0535. The van der Waals surface area contributed by atoms with Crippen LogP contribution in [0.5, 0.6) is 0 Å². The Morgan fingerprint density at radius 2 is 1.71 bits per heavy atom. The summed E-state index contributed by atoms with van der Waals surface area (Å²) in [6.07, 6.45) is 0.388. The highest BCUT2D eigenvalue weighted by Gasteiger charge is 2.36. The van der Waals surface area contributed by atoms with Gasteiger partial charge in [-0.25, -0.2) is 9.48 Å². The second kappa shape index (κ2) is 13.1. The molecule has 9 nitrogen and oxygen atoms in total. The number of carbonyl (C=O) groups is 2. The maximum Gasteiger partial charge on any atom is 0.435 e. The van der Waals surface area contributed by atoms with Crippen LogP contribution in [0.4, 0.5) is 23.7 Å². The van der Waals surface area contributed by atoms with Crippen molar-refractivity contribution < 1.29 is 27.5 Å². The van der Waals surface area contributed by atoms with Crippen LogP contribution in [0.25, 0.3) is 5.69 Å². The van der Waals surface area contributed by atoms with E-state index in [9.17, 15) is 22.8 Å². The number of nitrogens with zero attached hydrogens (tertiary/aromatic N) is 3. The lowest BCUT2D eigenvalue weighted by atomic mass is 9.99. The summed E-state index contributed by atoms with van der Waals surface area (Å²) >= 11 is 0. The molecule has 0 radical (unpaired) electrons. The Hall–Kier alpha value is -4.71. The van der Waals surface area contributed by atoms with Crippen molar-refractivity contribution in [2.75, 3.05) is 11.9 Å². The molecule has 2 amide bonds. The van der Waals surface area contributed by atoms with Crippen molar-refractivity contribution in [1.82, 2.24) is 25.4 Å². The number of pyridine rings is 1. The van der Waals surface area contributed by atoms with Crippen LogP contribution in [0.15, 0.2) is 79.1 Å². The highest BCUT2D eigenvalue weighted by Crippen LogP contribution is 2.32. The lowest BCUT2D eigenvalue weighted by Gasteiger charge is -2.20. The van der Waals surface area contributed by atoms with Gasteiger partial charge in [0.15, 0.2) is 5.69 Å². The van der Waals surface area contributed by atoms with E-state index in [4.69, 9.17) is 4.74 Å². The number of aromatic nitrogens is 3. The van der Waals surface area contributed by atoms with Crippen molar-refractivity contribution in [3.63, 3.8) is 0 Å². The molecule has 1 aliphatic carbocycles. The number of nitrogens with one attached hydrogen (secondary N) is 3. The molecule has 2 aromatic heterocycles. The summed E-state index contributed by atoms with van der Waals surface area (Å²) in [4.78, 5) is 29.7. The highest BCUT2D eigenvalue weighted by molar-refractivity contribution is 6.03. The molecule has 2 aromatic carbocycles. The lowest BCUT2D eigenvalue weighted by molar-refractivity contribution is -0.141. The van der Waals surface area contributed by atoms with Gasteiger partial charge in [0.1, 0.15) is 11.3 Å². The van der Waals surface area contributed by atoms with E-state index in [1.54, 1.807) is 69.6 Å². The molecule has 0 saturated heterocycles. The largest absolute Gasteiger partial charge is 0.444 e. The Kier molecular flexibility index (Phi) is 9.24. The monoisotopic (exact) mass is 620 g/mol. The number of carbonyl (C=O) groups excluding carboxylic acids is 2. The van der Waals surface area contributed by atoms with Crippen molar-refractivity contribution in [2.24, 2.45) is 5.92 Å². The Morgan fingerprint density at radius 3 is 2.40 bits per heavy atom. The van der Waals surface area contributed by atoms with Gasteiger partial charge < -0.3 is 20.7 Å². The summed E-state index contributed by atoms with van der Waals surface area (Å²) in [5, 5.41) is 12.7. The van der Waals surface area contributed by atoms with Crippen molar-refractivity contribution in [3.8, 4) is 5.69 Å². The van der Waals surface area contributed by atoms with Gasteiger partial charge in [-0.2, -0.15) is 18.3 Å². The first-order chi connectivity index (χ1) is 21.4. The molecule has 1 aliphatic rings. The molecule has 5 rings (SSSR count). The number of amides is 2. The minimum Gasteiger partial charge on any atom is -0.444 e. The van der Waals surface area contributed by atoms with E-state index in [0.29, 0.717) is 17.2 Å². The molecule has 45 heavy (non-hydrogen) atoms. The van der Waals surface area contributed by atoms with Gasteiger partial charge >= 0.3 is 12.3 Å². The fourth-order valence-corrected chi connectivity index (χ4v) is 4.75. The van der Waals surface area contributed by atoms with Crippen LogP contribution in [0.3, 0.4) is 0 Å². The van der Waals surface area contributed by atoms with Crippen LogP contribution >= 0.6 is 0 Å². The van der Waals surface area contributed by atoms with Crippen molar-refractivity contribution >= 4 is 17.7 Å². The lowest BCUT2D eigenvalue weighted by Crippen LogP contribution is -2.32. The van der Waals surface area contributed by atoms with Gasteiger partial charge in [0.25, 0.3) is 5.91 Å². The van der Waals surface area contributed by atoms with Crippen molar-refractivity contribution in [1.29, 1.82) is 0 Å². The number of alkyl halides is 3. The predicted octanol–water partition coefficient (Wildman–Crippen LogP) is 6.65. The molecular weight excluding hydrogens is 585 g/mol. The van der Waals surface area contributed by atoms with Gasteiger partial charge in [-0.1, -0.05) is 24.3 Å². The number of anilines is 1. The zero-order valence-electron chi connectivity index (χ0n) is 25.2. The maximum atomic E-state index is 13.8. The number of rotatable bonds is 10. The molecule has 0 bridgehead atoms. The van der Waals surface area contributed by atoms with E-state index in [-0.39, 0.29) is 24.0 Å². The summed E-state index contributed by atoms with van der Waals surface area (Å²) in [5.74, 6) is -0.134. The number of alkyl carbamates (subject to hydrolysis) is 1. The maximum absolute atomic E-state index is 13.8. The average Bonchev–Trinajstić information content (AvgIpc) is 3.69. The van der Waals surface area contributed by atoms with Gasteiger partial charge in [0, 0.05) is 30.7 Å². The first-order valence-corrected chi connectivity index (χ1v) is 14.6. The first-order valence-electron chi connectivity index (χ1n) is 14.6. The van der Waals surface area contributed by atoms with Crippen LogP contribution in [0, 0.1) is 5.92 Å². The number of ether oxygens (including phenoxy) is 1.